The Hall–Kier alpha value is -2.87. The summed E-state index contributed by atoms with van der Waals surface area (Å²) in [6, 6.07) is 15.4. The quantitative estimate of drug-likeness (QED) is 0.549. The third-order valence-electron chi connectivity index (χ3n) is 5.10. The first-order valence-electron chi connectivity index (χ1n) is 10.4. The minimum atomic E-state index is -3.12. The van der Waals surface area contributed by atoms with Gasteiger partial charge in [0.2, 0.25) is 0 Å². The third kappa shape index (κ3) is 6.55. The third-order valence-corrected chi connectivity index (χ3v) is 6.85. The van der Waals surface area contributed by atoms with E-state index in [2.05, 4.69) is 0 Å². The number of carbonyl (C=O) groups is 2. The second-order valence-electron chi connectivity index (χ2n) is 7.52. The second-order valence-corrected chi connectivity index (χ2v) is 9.75. The molecule has 1 saturated heterocycles. The van der Waals surface area contributed by atoms with Crippen LogP contribution in [0.1, 0.15) is 36.5 Å². The molecular weight excluding hydrogens is 418 g/mol. The molecule has 0 spiro atoms. The summed E-state index contributed by atoms with van der Waals surface area (Å²) in [6.45, 7) is 2.02. The van der Waals surface area contributed by atoms with E-state index in [9.17, 15) is 18.0 Å². The summed E-state index contributed by atoms with van der Waals surface area (Å²) in [5, 5.41) is 0. The molecule has 1 amide bonds. The Morgan fingerprint density at radius 1 is 1.06 bits per heavy atom. The number of sulfone groups is 1. The van der Waals surface area contributed by atoms with E-state index in [1.165, 1.54) is 0 Å². The van der Waals surface area contributed by atoms with Crippen molar-refractivity contribution in [1.29, 1.82) is 0 Å². The van der Waals surface area contributed by atoms with Gasteiger partial charge in [0.1, 0.15) is 11.5 Å². The van der Waals surface area contributed by atoms with Crippen molar-refractivity contribution in [2.75, 3.05) is 24.7 Å². The van der Waals surface area contributed by atoms with Crippen LogP contribution in [0.3, 0.4) is 0 Å². The molecule has 2 aromatic carbocycles. The van der Waals surface area contributed by atoms with Crippen LogP contribution in [0, 0.1) is 0 Å². The van der Waals surface area contributed by atoms with Gasteiger partial charge in [-0.1, -0.05) is 37.6 Å². The maximum absolute atomic E-state index is 12.7. The zero-order valence-corrected chi connectivity index (χ0v) is 18.3. The Bertz CT molecular complexity index is 1010. The van der Waals surface area contributed by atoms with Gasteiger partial charge in [0.25, 0.3) is 5.91 Å². The molecule has 8 heteroatoms. The van der Waals surface area contributed by atoms with Crippen molar-refractivity contribution >= 4 is 21.7 Å². The molecule has 1 aliphatic rings. The first-order chi connectivity index (χ1) is 14.9. The van der Waals surface area contributed by atoms with Crippen LogP contribution >= 0.6 is 0 Å². The Kier molecular flexibility index (Phi) is 7.68. The number of esters is 1. The van der Waals surface area contributed by atoms with Crippen molar-refractivity contribution in [3.05, 3.63) is 60.2 Å². The van der Waals surface area contributed by atoms with Gasteiger partial charge in [-0.2, -0.15) is 0 Å². The number of ether oxygens (including phenoxy) is 2. The Morgan fingerprint density at radius 3 is 2.48 bits per heavy atom. The molecule has 0 N–H and O–H groups in total. The monoisotopic (exact) mass is 445 g/mol. The van der Waals surface area contributed by atoms with Crippen LogP contribution in [0.5, 0.6) is 11.5 Å². The average molecular weight is 446 g/mol. The predicted molar refractivity (Wildman–Crippen MR) is 117 cm³/mol. The Balaban J connectivity index is 1.60. The van der Waals surface area contributed by atoms with Gasteiger partial charge in [0.15, 0.2) is 16.4 Å². The van der Waals surface area contributed by atoms with Gasteiger partial charge in [0.05, 0.1) is 17.1 Å². The lowest BCUT2D eigenvalue weighted by atomic mass is 10.2. The van der Waals surface area contributed by atoms with E-state index in [0.717, 1.165) is 12.8 Å². The Labute approximate surface area is 182 Å². The van der Waals surface area contributed by atoms with E-state index in [-0.39, 0.29) is 29.0 Å². The molecule has 1 heterocycles. The van der Waals surface area contributed by atoms with E-state index in [4.69, 9.17) is 9.47 Å². The lowest BCUT2D eigenvalue weighted by molar-refractivity contribution is -0.136. The van der Waals surface area contributed by atoms with Gasteiger partial charge in [0, 0.05) is 12.6 Å². The van der Waals surface area contributed by atoms with Crippen LogP contribution in [0.4, 0.5) is 0 Å². The van der Waals surface area contributed by atoms with Crippen molar-refractivity contribution in [2.45, 2.75) is 32.2 Å². The highest BCUT2D eigenvalue weighted by Gasteiger charge is 2.34. The number of amides is 1. The number of nitrogens with zero attached hydrogens (tertiary/aromatic N) is 1. The number of benzene rings is 2. The Morgan fingerprint density at radius 2 is 1.81 bits per heavy atom. The largest absolute Gasteiger partial charge is 0.457 e. The number of hydrogen-bond acceptors (Lipinski definition) is 6. The summed E-state index contributed by atoms with van der Waals surface area (Å²) in [5.41, 5.74) is 0.268. The molecule has 0 bridgehead atoms. The number of unbranched alkanes of at least 4 members (excludes halogenated alkanes) is 1. The van der Waals surface area contributed by atoms with E-state index in [1.807, 2.05) is 25.1 Å². The lowest BCUT2D eigenvalue weighted by Crippen LogP contribution is -2.43. The van der Waals surface area contributed by atoms with E-state index < -0.39 is 22.4 Å². The van der Waals surface area contributed by atoms with Crippen molar-refractivity contribution in [3.63, 3.8) is 0 Å². The topological polar surface area (TPSA) is 90.0 Å². The van der Waals surface area contributed by atoms with Gasteiger partial charge < -0.3 is 14.4 Å². The minimum absolute atomic E-state index is 0.0325. The summed E-state index contributed by atoms with van der Waals surface area (Å²) < 4.78 is 34.6. The molecule has 1 aliphatic heterocycles. The highest BCUT2D eigenvalue weighted by molar-refractivity contribution is 7.91. The fraction of sp³-hybridized carbons (Fsp3) is 0.391. The summed E-state index contributed by atoms with van der Waals surface area (Å²) in [7, 11) is -3.12. The summed E-state index contributed by atoms with van der Waals surface area (Å²) >= 11 is 0. The lowest BCUT2D eigenvalue weighted by Gasteiger charge is -2.28. The van der Waals surface area contributed by atoms with Gasteiger partial charge in [-0.15, -0.1) is 0 Å². The summed E-state index contributed by atoms with van der Waals surface area (Å²) in [5.74, 6) is 0.160. The SMILES string of the molecule is CCCCN(C(=O)COC(=O)c1cccc(Oc2ccccc2)c1)C1CCS(=O)(=O)C1. The zero-order chi connectivity index (χ0) is 22.3. The standard InChI is InChI=1S/C23H27NO6S/c1-2-3-13-24(19-12-14-31(27,28)17-19)22(25)16-29-23(26)18-8-7-11-21(15-18)30-20-9-5-4-6-10-20/h4-11,15,19H,2-3,12-14,16-17H2,1H3. The molecule has 0 aliphatic carbocycles. The fourth-order valence-corrected chi connectivity index (χ4v) is 5.20. The van der Waals surface area contributed by atoms with Crippen molar-refractivity contribution < 1.29 is 27.5 Å². The van der Waals surface area contributed by atoms with Crippen LogP contribution in [0.2, 0.25) is 0 Å². The smallest absolute Gasteiger partial charge is 0.338 e. The number of para-hydroxylation sites is 1. The van der Waals surface area contributed by atoms with E-state index >= 15 is 0 Å². The van der Waals surface area contributed by atoms with Crippen molar-refractivity contribution in [3.8, 4) is 11.5 Å². The van der Waals surface area contributed by atoms with Crippen LogP contribution in [-0.2, 0) is 19.4 Å². The highest BCUT2D eigenvalue weighted by atomic mass is 32.2. The molecule has 3 rings (SSSR count). The molecule has 1 unspecified atom stereocenters. The molecule has 1 fully saturated rings. The van der Waals surface area contributed by atoms with E-state index in [0.29, 0.717) is 24.5 Å². The first-order valence-corrected chi connectivity index (χ1v) is 12.2. The normalized spacial score (nSPS) is 17.1. The van der Waals surface area contributed by atoms with Crippen LogP contribution in [0.15, 0.2) is 54.6 Å². The second kappa shape index (κ2) is 10.4. The van der Waals surface area contributed by atoms with Crippen LogP contribution < -0.4 is 4.74 Å². The average Bonchev–Trinajstić information content (AvgIpc) is 3.12. The molecule has 31 heavy (non-hydrogen) atoms. The number of carbonyl (C=O) groups excluding carboxylic acids is 2. The van der Waals surface area contributed by atoms with Gasteiger partial charge in [-0.3, -0.25) is 4.79 Å². The van der Waals surface area contributed by atoms with Crippen molar-refractivity contribution in [2.24, 2.45) is 0 Å². The van der Waals surface area contributed by atoms with Crippen LogP contribution in [0.25, 0.3) is 0 Å². The summed E-state index contributed by atoms with van der Waals surface area (Å²) in [4.78, 5) is 26.7. The maximum atomic E-state index is 12.7. The molecule has 0 aromatic heterocycles. The van der Waals surface area contributed by atoms with Gasteiger partial charge >= 0.3 is 5.97 Å². The minimum Gasteiger partial charge on any atom is -0.457 e. The molecule has 0 radical (unpaired) electrons. The molecule has 166 valence electrons. The predicted octanol–water partition coefficient (Wildman–Crippen LogP) is 3.45. The summed E-state index contributed by atoms with van der Waals surface area (Å²) in [6.07, 6.45) is 2.05. The van der Waals surface area contributed by atoms with Crippen LogP contribution in [-0.4, -0.2) is 55.9 Å². The molecular formula is C23H27NO6S. The molecule has 7 nitrogen and oxygen atoms in total. The highest BCUT2D eigenvalue weighted by Crippen LogP contribution is 2.22. The van der Waals surface area contributed by atoms with Gasteiger partial charge in [-0.25, -0.2) is 13.2 Å². The van der Waals surface area contributed by atoms with Crippen molar-refractivity contribution in [1.82, 2.24) is 4.90 Å². The molecule has 0 saturated carbocycles. The number of rotatable bonds is 9. The molecule has 2 aromatic rings. The first kappa shape index (κ1) is 22.8. The van der Waals surface area contributed by atoms with E-state index in [1.54, 1.807) is 41.3 Å². The zero-order valence-electron chi connectivity index (χ0n) is 17.5. The number of hydrogen-bond donors (Lipinski definition) is 0. The fourth-order valence-electron chi connectivity index (χ4n) is 3.47. The van der Waals surface area contributed by atoms with Gasteiger partial charge in [-0.05, 0) is 43.2 Å². The maximum Gasteiger partial charge on any atom is 0.338 e. The molecule has 1 atom stereocenters.